The van der Waals surface area contributed by atoms with Gasteiger partial charge in [-0.15, -0.1) is 0 Å². The summed E-state index contributed by atoms with van der Waals surface area (Å²) in [6.45, 7) is 5.55. The molecule has 1 aliphatic rings. The highest BCUT2D eigenvalue weighted by Crippen LogP contribution is 2.28. The first kappa shape index (κ1) is 9.17. The molecule has 0 radical (unpaired) electrons. The molecule has 2 heteroatoms. The Hall–Kier alpha value is -0.920. The van der Waals surface area contributed by atoms with E-state index in [9.17, 15) is 9.59 Å². The van der Waals surface area contributed by atoms with E-state index in [0.717, 1.165) is 11.1 Å². The van der Waals surface area contributed by atoms with Gasteiger partial charge in [-0.3, -0.25) is 9.59 Å². The van der Waals surface area contributed by atoms with Crippen LogP contribution in [-0.2, 0) is 9.59 Å². The Morgan fingerprint density at radius 3 is 1.58 bits per heavy atom. The van der Waals surface area contributed by atoms with Gasteiger partial charge in [0, 0.05) is 11.1 Å². The van der Waals surface area contributed by atoms with E-state index in [2.05, 4.69) is 0 Å². The molecular formula is C10H14O2. The van der Waals surface area contributed by atoms with E-state index >= 15 is 0 Å². The zero-order valence-corrected chi connectivity index (χ0v) is 7.81. The van der Waals surface area contributed by atoms with Crippen molar-refractivity contribution in [1.82, 2.24) is 0 Å². The van der Waals surface area contributed by atoms with Crippen molar-refractivity contribution in [2.24, 2.45) is 5.92 Å². The largest absolute Gasteiger partial charge is 0.294 e. The molecule has 0 aromatic rings. The van der Waals surface area contributed by atoms with Crippen LogP contribution in [0.2, 0.25) is 0 Å². The predicted octanol–water partition coefficient (Wildman–Crippen LogP) is 1.89. The van der Waals surface area contributed by atoms with E-state index in [-0.39, 0.29) is 11.6 Å². The number of carbonyl (C=O) groups excluding carboxylic acids is 2. The second-order valence-corrected chi connectivity index (χ2v) is 3.11. The lowest BCUT2D eigenvalue weighted by Crippen LogP contribution is -2.13. The molecule has 66 valence electrons. The second-order valence-electron chi connectivity index (χ2n) is 3.11. The Kier molecular flexibility index (Phi) is 2.46. The molecule has 0 saturated carbocycles. The Morgan fingerprint density at radius 2 is 1.33 bits per heavy atom. The highest BCUT2D eigenvalue weighted by Gasteiger charge is 2.35. The predicted molar refractivity (Wildman–Crippen MR) is 46.8 cm³/mol. The molecule has 1 rings (SSSR count). The van der Waals surface area contributed by atoms with E-state index in [0.29, 0.717) is 12.8 Å². The van der Waals surface area contributed by atoms with Crippen molar-refractivity contribution in [3.8, 4) is 0 Å². The minimum Gasteiger partial charge on any atom is -0.294 e. The number of Topliss-reactive ketones (excluding diaryl/α,β-unsaturated/α-hetero) is 2. The van der Waals surface area contributed by atoms with Gasteiger partial charge in [-0.1, -0.05) is 13.8 Å². The fourth-order valence-corrected chi connectivity index (χ4v) is 1.71. The Labute approximate surface area is 72.7 Å². The van der Waals surface area contributed by atoms with Crippen LogP contribution in [0.3, 0.4) is 0 Å². The second kappa shape index (κ2) is 3.21. The zero-order chi connectivity index (χ0) is 9.30. The lowest BCUT2D eigenvalue weighted by Gasteiger charge is -1.96. The summed E-state index contributed by atoms with van der Waals surface area (Å²) >= 11 is 0. The smallest absolute Gasteiger partial charge is 0.169 e. The molecule has 12 heavy (non-hydrogen) atoms. The third-order valence-electron chi connectivity index (χ3n) is 2.45. The third kappa shape index (κ3) is 1.11. The molecule has 0 aromatic carbocycles. The van der Waals surface area contributed by atoms with Crippen molar-refractivity contribution in [2.75, 3.05) is 0 Å². The maximum Gasteiger partial charge on any atom is 0.169 e. The lowest BCUT2D eigenvalue weighted by atomic mass is 10.0. The van der Waals surface area contributed by atoms with Gasteiger partial charge >= 0.3 is 0 Å². The van der Waals surface area contributed by atoms with Crippen molar-refractivity contribution in [3.63, 3.8) is 0 Å². The molecule has 0 unspecified atom stereocenters. The molecule has 0 bridgehead atoms. The normalized spacial score (nSPS) is 19.6. The fraction of sp³-hybridized carbons (Fsp3) is 0.600. The van der Waals surface area contributed by atoms with E-state index in [1.807, 2.05) is 13.8 Å². The summed E-state index contributed by atoms with van der Waals surface area (Å²) in [5.41, 5.74) is 1.52. The molecule has 1 aliphatic carbocycles. The summed E-state index contributed by atoms with van der Waals surface area (Å²) in [5.74, 6) is -0.325. The highest BCUT2D eigenvalue weighted by molar-refractivity contribution is 6.24. The molecule has 0 amide bonds. The lowest BCUT2D eigenvalue weighted by molar-refractivity contribution is -0.125. The number of ketones is 2. The molecule has 0 atom stereocenters. The molecule has 0 heterocycles. The molecular weight excluding hydrogens is 152 g/mol. The van der Waals surface area contributed by atoms with Crippen LogP contribution in [0.1, 0.15) is 33.6 Å². The van der Waals surface area contributed by atoms with Gasteiger partial charge in [-0.05, 0) is 19.8 Å². The van der Waals surface area contributed by atoms with Gasteiger partial charge in [0.1, 0.15) is 0 Å². The zero-order valence-electron chi connectivity index (χ0n) is 7.81. The van der Waals surface area contributed by atoms with Crippen LogP contribution in [0.15, 0.2) is 11.1 Å². The summed E-state index contributed by atoms with van der Waals surface area (Å²) in [7, 11) is 0. The minimum atomic E-state index is -0.408. The average molecular weight is 166 g/mol. The van der Waals surface area contributed by atoms with E-state index < -0.39 is 5.92 Å². The van der Waals surface area contributed by atoms with Gasteiger partial charge < -0.3 is 0 Å². The standard InChI is InChI=1S/C10H14O2/c1-4-7-8(5-2)10(12)6(3)9(7)11/h6H,4-5H2,1-3H3. The molecule has 0 fully saturated rings. The van der Waals surface area contributed by atoms with Crippen molar-refractivity contribution in [2.45, 2.75) is 33.6 Å². The van der Waals surface area contributed by atoms with Crippen LogP contribution < -0.4 is 0 Å². The number of rotatable bonds is 2. The van der Waals surface area contributed by atoms with Gasteiger partial charge in [-0.2, -0.15) is 0 Å². The maximum absolute atomic E-state index is 11.4. The molecule has 0 aromatic heterocycles. The van der Waals surface area contributed by atoms with Gasteiger partial charge in [0.2, 0.25) is 0 Å². The summed E-state index contributed by atoms with van der Waals surface area (Å²) in [6, 6.07) is 0. The first-order valence-electron chi connectivity index (χ1n) is 4.43. The van der Waals surface area contributed by atoms with Crippen LogP contribution in [-0.4, -0.2) is 11.6 Å². The quantitative estimate of drug-likeness (QED) is 0.587. The average Bonchev–Trinajstić information content (AvgIpc) is 2.29. The highest BCUT2D eigenvalue weighted by atomic mass is 16.2. The topological polar surface area (TPSA) is 34.1 Å². The van der Waals surface area contributed by atoms with Gasteiger partial charge in [0.25, 0.3) is 0 Å². The van der Waals surface area contributed by atoms with Crippen LogP contribution in [0.5, 0.6) is 0 Å². The number of allylic oxidation sites excluding steroid dienone is 2. The van der Waals surface area contributed by atoms with E-state index in [1.165, 1.54) is 0 Å². The van der Waals surface area contributed by atoms with Crippen LogP contribution in [0.4, 0.5) is 0 Å². The molecule has 0 N–H and O–H groups in total. The van der Waals surface area contributed by atoms with Crippen LogP contribution >= 0.6 is 0 Å². The van der Waals surface area contributed by atoms with Gasteiger partial charge in [-0.25, -0.2) is 0 Å². The summed E-state index contributed by atoms with van der Waals surface area (Å²) in [4.78, 5) is 22.9. The van der Waals surface area contributed by atoms with Crippen molar-refractivity contribution in [3.05, 3.63) is 11.1 Å². The number of carbonyl (C=O) groups is 2. The van der Waals surface area contributed by atoms with Crippen LogP contribution in [0, 0.1) is 5.92 Å². The summed E-state index contributed by atoms with van der Waals surface area (Å²) < 4.78 is 0. The Bertz CT molecular complexity index is 235. The Balaban J connectivity index is 3.09. The maximum atomic E-state index is 11.4. The summed E-state index contributed by atoms with van der Waals surface area (Å²) in [6.07, 6.45) is 1.39. The van der Waals surface area contributed by atoms with Crippen molar-refractivity contribution >= 4 is 11.6 Å². The van der Waals surface area contributed by atoms with Crippen LogP contribution in [0.25, 0.3) is 0 Å². The van der Waals surface area contributed by atoms with Crippen molar-refractivity contribution < 1.29 is 9.59 Å². The SMILES string of the molecule is CCC1=C(CC)C(=O)C(C)C1=O. The van der Waals surface area contributed by atoms with E-state index in [1.54, 1.807) is 6.92 Å². The minimum absolute atomic E-state index is 0.0411. The fourth-order valence-electron chi connectivity index (χ4n) is 1.71. The van der Waals surface area contributed by atoms with Gasteiger partial charge in [0.15, 0.2) is 11.6 Å². The molecule has 0 saturated heterocycles. The molecule has 2 nitrogen and oxygen atoms in total. The van der Waals surface area contributed by atoms with Crippen molar-refractivity contribution in [1.29, 1.82) is 0 Å². The first-order chi connectivity index (χ1) is 5.63. The Morgan fingerprint density at radius 1 is 1.00 bits per heavy atom. The molecule has 0 aliphatic heterocycles. The number of hydrogen-bond donors (Lipinski definition) is 0. The third-order valence-corrected chi connectivity index (χ3v) is 2.45. The van der Waals surface area contributed by atoms with Gasteiger partial charge in [0.05, 0.1) is 5.92 Å². The van der Waals surface area contributed by atoms with E-state index in [4.69, 9.17) is 0 Å². The molecule has 0 spiro atoms. The first-order valence-corrected chi connectivity index (χ1v) is 4.43. The number of hydrogen-bond acceptors (Lipinski definition) is 2. The summed E-state index contributed by atoms with van der Waals surface area (Å²) in [5, 5.41) is 0. The monoisotopic (exact) mass is 166 g/mol.